The van der Waals surface area contributed by atoms with Crippen molar-refractivity contribution in [1.29, 1.82) is 0 Å². The Morgan fingerprint density at radius 2 is 1.93 bits per heavy atom. The van der Waals surface area contributed by atoms with Gasteiger partial charge in [-0.05, 0) is 12.3 Å². The summed E-state index contributed by atoms with van der Waals surface area (Å²) >= 11 is 0. The van der Waals surface area contributed by atoms with Gasteiger partial charge in [0.15, 0.2) is 0 Å². The van der Waals surface area contributed by atoms with Crippen LogP contribution in [-0.4, -0.2) is 46.2 Å². The van der Waals surface area contributed by atoms with Gasteiger partial charge in [-0.15, -0.1) is 0 Å². The van der Waals surface area contributed by atoms with E-state index in [9.17, 15) is 16.8 Å². The summed E-state index contributed by atoms with van der Waals surface area (Å²) < 4.78 is 44.9. The summed E-state index contributed by atoms with van der Waals surface area (Å²) in [7, 11) is -1.64. The maximum absolute atomic E-state index is 11.1. The topological polar surface area (TPSA) is 71.5 Å². The minimum atomic E-state index is -3.53. The van der Waals surface area contributed by atoms with Crippen LogP contribution in [0.5, 0.6) is 0 Å². The van der Waals surface area contributed by atoms with E-state index in [0.717, 1.165) is 6.26 Å². The molecule has 0 aromatic carbocycles. The molecular weight excluding hydrogens is 250 g/mol. The van der Waals surface area contributed by atoms with Crippen molar-refractivity contribution in [3.63, 3.8) is 0 Å². The smallest absolute Gasteiger partial charge is 0.213 e. The number of hydrogen-bond donors (Lipinski definition) is 0. The molecule has 8 heteroatoms. The van der Waals surface area contributed by atoms with Gasteiger partial charge >= 0.3 is 0 Å². The average Bonchev–Trinajstić information content (AvgIpc) is 2.29. The number of nitrogens with zero attached hydrogens (tertiary/aromatic N) is 1. The second-order valence-electron chi connectivity index (χ2n) is 3.48. The second-order valence-corrected chi connectivity index (χ2v) is 8.29. The van der Waals surface area contributed by atoms with Gasteiger partial charge in [-0.25, -0.2) is 21.1 Å². The lowest BCUT2D eigenvalue weighted by molar-refractivity contribution is 0.469. The maximum Gasteiger partial charge on any atom is 0.232 e. The van der Waals surface area contributed by atoms with Crippen molar-refractivity contribution in [1.82, 2.24) is 4.31 Å². The van der Waals surface area contributed by atoms with Crippen LogP contribution in [0.4, 0.5) is 0 Å². The van der Waals surface area contributed by atoms with Crippen molar-refractivity contribution < 1.29 is 16.8 Å². The minimum absolute atomic E-state index is 0.152. The highest BCUT2D eigenvalue weighted by atomic mass is 35.7. The first kappa shape index (κ1) is 12.2. The van der Waals surface area contributed by atoms with Crippen molar-refractivity contribution in [3.05, 3.63) is 0 Å². The Bertz CT molecular complexity index is 402. The summed E-state index contributed by atoms with van der Waals surface area (Å²) in [5.74, 6) is -0.326. The molecule has 1 fully saturated rings. The van der Waals surface area contributed by atoms with Gasteiger partial charge in [0.1, 0.15) is 0 Å². The molecule has 5 nitrogen and oxygen atoms in total. The molecular formula is C6H12ClNO4S2. The van der Waals surface area contributed by atoms with E-state index < -0.39 is 19.1 Å². The van der Waals surface area contributed by atoms with E-state index in [1.165, 1.54) is 4.31 Å². The second kappa shape index (κ2) is 3.96. The summed E-state index contributed by atoms with van der Waals surface area (Å²) in [5, 5.41) is 0. The number of rotatable bonds is 3. The maximum atomic E-state index is 11.1. The molecule has 0 saturated carbocycles. The van der Waals surface area contributed by atoms with Crippen molar-refractivity contribution in [2.45, 2.75) is 6.42 Å². The van der Waals surface area contributed by atoms with Gasteiger partial charge in [-0.2, -0.15) is 0 Å². The summed E-state index contributed by atoms with van der Waals surface area (Å²) in [4.78, 5) is 0. The molecule has 0 spiro atoms. The summed E-state index contributed by atoms with van der Waals surface area (Å²) in [6.07, 6.45) is 1.67. The Kier molecular flexibility index (Phi) is 3.45. The first-order chi connectivity index (χ1) is 6.18. The highest BCUT2D eigenvalue weighted by Gasteiger charge is 2.30. The van der Waals surface area contributed by atoms with Crippen LogP contribution in [0.3, 0.4) is 0 Å². The van der Waals surface area contributed by atoms with E-state index in [-0.39, 0.29) is 18.2 Å². The molecule has 0 amide bonds. The van der Waals surface area contributed by atoms with E-state index in [1.807, 2.05) is 0 Å². The van der Waals surface area contributed by atoms with Crippen molar-refractivity contribution in [2.75, 3.05) is 25.1 Å². The third kappa shape index (κ3) is 3.72. The Labute approximate surface area is 88.5 Å². The number of halogens is 1. The molecule has 0 aromatic rings. The van der Waals surface area contributed by atoms with Crippen molar-refractivity contribution in [2.24, 2.45) is 5.92 Å². The highest BCUT2D eigenvalue weighted by Crippen LogP contribution is 2.21. The zero-order valence-corrected chi connectivity index (χ0v) is 10.1. The van der Waals surface area contributed by atoms with Gasteiger partial charge in [0, 0.05) is 23.8 Å². The molecule has 0 N–H and O–H groups in total. The van der Waals surface area contributed by atoms with E-state index in [4.69, 9.17) is 10.7 Å². The average molecular weight is 262 g/mol. The number of hydrogen-bond acceptors (Lipinski definition) is 4. The van der Waals surface area contributed by atoms with Gasteiger partial charge in [-0.3, -0.25) is 0 Å². The lowest BCUT2D eigenvalue weighted by Crippen LogP contribution is -2.28. The van der Waals surface area contributed by atoms with Gasteiger partial charge in [0.2, 0.25) is 19.1 Å². The van der Waals surface area contributed by atoms with E-state index >= 15 is 0 Å². The van der Waals surface area contributed by atoms with E-state index in [1.54, 1.807) is 0 Å². The van der Waals surface area contributed by atoms with Crippen LogP contribution >= 0.6 is 10.7 Å². The van der Waals surface area contributed by atoms with Crippen LogP contribution in [0.2, 0.25) is 0 Å². The normalized spacial score (nSPS) is 25.4. The standard InChI is InChI=1S/C6H12ClNO4S2/c1-13(9,10)8-3-2-6(4-8)5-14(7,11)12/h6H,2-5H2,1H3. The van der Waals surface area contributed by atoms with Crippen LogP contribution in [0.1, 0.15) is 6.42 Å². The highest BCUT2D eigenvalue weighted by molar-refractivity contribution is 8.13. The zero-order valence-electron chi connectivity index (χ0n) is 7.68. The molecule has 0 aromatic heterocycles. The van der Waals surface area contributed by atoms with Gasteiger partial charge in [0.05, 0.1) is 12.0 Å². The first-order valence-electron chi connectivity index (χ1n) is 4.06. The molecule has 0 radical (unpaired) electrons. The molecule has 1 heterocycles. The Morgan fingerprint density at radius 3 is 2.29 bits per heavy atom. The van der Waals surface area contributed by atoms with Crippen LogP contribution in [0, 0.1) is 5.92 Å². The van der Waals surface area contributed by atoms with Crippen LogP contribution in [0.15, 0.2) is 0 Å². The summed E-state index contributed by atoms with van der Waals surface area (Å²) in [5.41, 5.74) is 0. The predicted octanol–water partition coefficient (Wildman–Crippen LogP) is -0.163. The lowest BCUT2D eigenvalue weighted by atomic mass is 10.2. The van der Waals surface area contributed by atoms with Crippen molar-refractivity contribution in [3.8, 4) is 0 Å². The Balaban J connectivity index is 2.59. The van der Waals surface area contributed by atoms with Crippen molar-refractivity contribution >= 4 is 29.8 Å². The monoisotopic (exact) mass is 261 g/mol. The lowest BCUT2D eigenvalue weighted by Gasteiger charge is -2.12. The minimum Gasteiger partial charge on any atom is -0.213 e. The fraction of sp³-hybridized carbons (Fsp3) is 1.00. The predicted molar refractivity (Wildman–Crippen MR) is 54.2 cm³/mol. The fourth-order valence-corrected chi connectivity index (χ4v) is 3.80. The number of sulfonamides is 1. The third-order valence-corrected chi connectivity index (χ3v) is 4.67. The van der Waals surface area contributed by atoms with Crippen LogP contribution in [-0.2, 0) is 19.1 Å². The molecule has 1 unspecified atom stereocenters. The summed E-state index contributed by atoms with van der Waals surface area (Å²) in [6, 6.07) is 0. The van der Waals surface area contributed by atoms with E-state index in [0.29, 0.717) is 13.0 Å². The van der Waals surface area contributed by atoms with Gasteiger partial charge in [-0.1, -0.05) is 0 Å². The Hall–Kier alpha value is 0.150. The molecule has 0 bridgehead atoms. The Morgan fingerprint density at radius 1 is 1.36 bits per heavy atom. The molecule has 14 heavy (non-hydrogen) atoms. The van der Waals surface area contributed by atoms with Gasteiger partial charge in [0.25, 0.3) is 0 Å². The van der Waals surface area contributed by atoms with Crippen LogP contribution in [0.25, 0.3) is 0 Å². The molecule has 0 aliphatic carbocycles. The zero-order chi connectivity index (χ0) is 11.0. The molecule has 1 aliphatic rings. The fourth-order valence-electron chi connectivity index (χ4n) is 1.52. The SMILES string of the molecule is CS(=O)(=O)N1CCC(CS(=O)(=O)Cl)C1. The van der Waals surface area contributed by atoms with E-state index in [2.05, 4.69) is 0 Å². The molecule has 1 rings (SSSR count). The third-order valence-electron chi connectivity index (χ3n) is 2.15. The molecule has 1 aliphatic heterocycles. The molecule has 1 saturated heterocycles. The first-order valence-corrected chi connectivity index (χ1v) is 8.38. The van der Waals surface area contributed by atoms with Crippen LogP contribution < -0.4 is 0 Å². The quantitative estimate of drug-likeness (QED) is 0.662. The summed E-state index contributed by atoms with van der Waals surface area (Å²) in [6.45, 7) is 0.640. The molecule has 1 atom stereocenters. The molecule has 84 valence electrons. The largest absolute Gasteiger partial charge is 0.232 e. The van der Waals surface area contributed by atoms with Gasteiger partial charge < -0.3 is 0 Å².